The zero-order chi connectivity index (χ0) is 12.1. The molecule has 0 unspecified atom stereocenters. The Morgan fingerprint density at radius 3 is 2.50 bits per heavy atom. The predicted molar refractivity (Wildman–Crippen MR) is 65.4 cm³/mol. The van der Waals surface area contributed by atoms with Crippen molar-refractivity contribution in [2.45, 2.75) is 32.1 Å². The van der Waals surface area contributed by atoms with Crippen LogP contribution in [0.1, 0.15) is 23.6 Å². The highest BCUT2D eigenvalue weighted by Gasteiger charge is 2.26. The summed E-state index contributed by atoms with van der Waals surface area (Å²) < 4.78 is 23.2. The summed E-state index contributed by atoms with van der Waals surface area (Å²) in [5, 5.41) is 0. The molecule has 16 heavy (non-hydrogen) atoms. The third-order valence-electron chi connectivity index (χ3n) is 2.86. The van der Waals surface area contributed by atoms with E-state index in [1.165, 1.54) is 0 Å². The standard InChI is InChI=1S/C11H12ClNO2S/c1-6-4-10-9(5-7(2)13-10)11(8(6)3)16(12,14)15/h4H,5H2,1-3H3. The van der Waals surface area contributed by atoms with Crippen LogP contribution in [0.2, 0.25) is 0 Å². The first-order valence-electron chi connectivity index (χ1n) is 4.92. The van der Waals surface area contributed by atoms with Crippen molar-refractivity contribution in [3.63, 3.8) is 0 Å². The second-order valence-corrected chi connectivity index (χ2v) is 6.61. The van der Waals surface area contributed by atoms with Crippen molar-refractivity contribution < 1.29 is 8.42 Å². The first kappa shape index (κ1) is 11.6. The molecular formula is C11H12ClNO2S. The molecule has 0 aromatic heterocycles. The predicted octanol–water partition coefficient (Wildman–Crippen LogP) is 2.88. The summed E-state index contributed by atoms with van der Waals surface area (Å²) in [6, 6.07) is 1.91. The number of hydrogen-bond donors (Lipinski definition) is 0. The molecule has 0 saturated heterocycles. The van der Waals surface area contributed by atoms with Gasteiger partial charge < -0.3 is 0 Å². The van der Waals surface area contributed by atoms with E-state index in [2.05, 4.69) is 4.99 Å². The van der Waals surface area contributed by atoms with Crippen LogP contribution in [0.4, 0.5) is 5.69 Å². The maximum absolute atomic E-state index is 11.6. The van der Waals surface area contributed by atoms with E-state index in [1.54, 1.807) is 6.92 Å². The number of aryl methyl sites for hydroxylation is 1. The Morgan fingerprint density at radius 2 is 1.94 bits per heavy atom. The molecule has 3 nitrogen and oxygen atoms in total. The van der Waals surface area contributed by atoms with E-state index in [9.17, 15) is 8.42 Å². The number of fused-ring (bicyclic) bond motifs is 1. The quantitative estimate of drug-likeness (QED) is 0.727. The van der Waals surface area contributed by atoms with Gasteiger partial charge in [-0.05, 0) is 38.0 Å². The molecule has 1 aromatic rings. The summed E-state index contributed by atoms with van der Waals surface area (Å²) in [4.78, 5) is 4.56. The third-order valence-corrected chi connectivity index (χ3v) is 4.36. The van der Waals surface area contributed by atoms with Gasteiger partial charge in [0.1, 0.15) is 0 Å². The van der Waals surface area contributed by atoms with Gasteiger partial charge in [-0.2, -0.15) is 0 Å². The van der Waals surface area contributed by atoms with Crippen molar-refractivity contribution in [1.29, 1.82) is 0 Å². The van der Waals surface area contributed by atoms with E-state index < -0.39 is 9.05 Å². The van der Waals surface area contributed by atoms with Crippen LogP contribution in [0.15, 0.2) is 16.0 Å². The summed E-state index contributed by atoms with van der Waals surface area (Å²) in [7, 11) is 1.78. The maximum Gasteiger partial charge on any atom is 0.261 e. The van der Waals surface area contributed by atoms with E-state index in [1.807, 2.05) is 19.9 Å². The maximum atomic E-state index is 11.6. The van der Waals surface area contributed by atoms with Gasteiger partial charge in [-0.25, -0.2) is 8.42 Å². The molecule has 0 fully saturated rings. The van der Waals surface area contributed by atoms with E-state index in [-0.39, 0.29) is 4.90 Å². The van der Waals surface area contributed by atoms with Gasteiger partial charge in [0.2, 0.25) is 0 Å². The van der Waals surface area contributed by atoms with Crippen molar-refractivity contribution in [3.05, 3.63) is 22.8 Å². The lowest BCUT2D eigenvalue weighted by Crippen LogP contribution is -2.03. The summed E-state index contributed by atoms with van der Waals surface area (Å²) in [6.07, 6.45) is 0.567. The van der Waals surface area contributed by atoms with Gasteiger partial charge in [-0.3, -0.25) is 4.99 Å². The van der Waals surface area contributed by atoms with Crippen LogP contribution in [0.25, 0.3) is 0 Å². The van der Waals surface area contributed by atoms with Crippen LogP contribution < -0.4 is 0 Å². The SMILES string of the molecule is CC1=Nc2cc(C)c(C)c(S(=O)(=O)Cl)c2C1. The molecule has 0 atom stereocenters. The van der Waals surface area contributed by atoms with Crippen LogP contribution in [0.3, 0.4) is 0 Å². The molecule has 1 aliphatic rings. The lowest BCUT2D eigenvalue weighted by Gasteiger charge is -2.10. The number of nitrogens with zero attached hydrogens (tertiary/aromatic N) is 1. The zero-order valence-electron chi connectivity index (χ0n) is 9.33. The van der Waals surface area contributed by atoms with Gasteiger partial charge in [0, 0.05) is 28.4 Å². The number of hydrogen-bond acceptors (Lipinski definition) is 3. The van der Waals surface area contributed by atoms with Crippen molar-refractivity contribution in [2.75, 3.05) is 0 Å². The molecule has 0 aliphatic carbocycles. The monoisotopic (exact) mass is 257 g/mol. The van der Waals surface area contributed by atoms with E-state index in [0.717, 1.165) is 28.1 Å². The zero-order valence-corrected chi connectivity index (χ0v) is 10.9. The fourth-order valence-corrected chi connectivity index (χ4v) is 3.65. The van der Waals surface area contributed by atoms with Crippen LogP contribution in [-0.2, 0) is 15.5 Å². The average Bonchev–Trinajstić information content (AvgIpc) is 2.43. The lowest BCUT2D eigenvalue weighted by atomic mass is 10.0. The number of rotatable bonds is 1. The fourth-order valence-electron chi connectivity index (χ4n) is 2.02. The second kappa shape index (κ2) is 3.57. The van der Waals surface area contributed by atoms with E-state index >= 15 is 0 Å². The molecule has 86 valence electrons. The second-order valence-electron chi connectivity index (χ2n) is 4.11. The summed E-state index contributed by atoms with van der Waals surface area (Å²) in [5.74, 6) is 0. The minimum Gasteiger partial charge on any atom is -0.257 e. The average molecular weight is 258 g/mol. The van der Waals surface area contributed by atoms with Crippen LogP contribution >= 0.6 is 10.7 Å². The van der Waals surface area contributed by atoms with Crippen molar-refractivity contribution in [3.8, 4) is 0 Å². The molecular weight excluding hydrogens is 246 g/mol. The topological polar surface area (TPSA) is 46.5 Å². The Labute approximate surface area is 99.6 Å². The molecule has 0 spiro atoms. The minimum atomic E-state index is -3.71. The number of halogens is 1. The van der Waals surface area contributed by atoms with Crippen molar-refractivity contribution in [2.24, 2.45) is 4.99 Å². The molecule has 0 saturated carbocycles. The molecule has 1 aromatic carbocycles. The van der Waals surface area contributed by atoms with Gasteiger partial charge in [-0.15, -0.1) is 0 Å². The Balaban J connectivity index is 2.83. The highest BCUT2D eigenvalue weighted by atomic mass is 35.7. The van der Waals surface area contributed by atoms with Gasteiger partial charge in [0.15, 0.2) is 0 Å². The van der Waals surface area contributed by atoms with Gasteiger partial charge in [0.25, 0.3) is 9.05 Å². The van der Waals surface area contributed by atoms with Crippen molar-refractivity contribution >= 4 is 31.1 Å². The molecule has 1 aliphatic heterocycles. The van der Waals surface area contributed by atoms with Gasteiger partial charge >= 0.3 is 0 Å². The third kappa shape index (κ3) is 1.76. The Hall–Kier alpha value is -0.870. The van der Waals surface area contributed by atoms with E-state index in [4.69, 9.17) is 10.7 Å². The summed E-state index contributed by atoms with van der Waals surface area (Å²) in [6.45, 7) is 5.53. The summed E-state index contributed by atoms with van der Waals surface area (Å²) >= 11 is 0. The minimum absolute atomic E-state index is 0.241. The van der Waals surface area contributed by atoms with Crippen molar-refractivity contribution in [1.82, 2.24) is 0 Å². The first-order valence-corrected chi connectivity index (χ1v) is 7.23. The molecule has 0 radical (unpaired) electrons. The first-order chi connectivity index (χ1) is 7.30. The molecule has 2 rings (SSSR count). The van der Waals surface area contributed by atoms with Gasteiger partial charge in [0.05, 0.1) is 10.6 Å². The fraction of sp³-hybridized carbons (Fsp3) is 0.364. The van der Waals surface area contributed by atoms with Crippen LogP contribution in [0.5, 0.6) is 0 Å². The summed E-state index contributed by atoms with van der Waals surface area (Å²) in [5.41, 5.74) is 4.01. The molecule has 5 heteroatoms. The van der Waals surface area contributed by atoms with Gasteiger partial charge in [-0.1, -0.05) is 0 Å². The molecule has 0 amide bonds. The Kier molecular flexibility index (Phi) is 2.59. The molecule has 1 heterocycles. The van der Waals surface area contributed by atoms with Crippen LogP contribution in [-0.4, -0.2) is 14.1 Å². The highest BCUT2D eigenvalue weighted by molar-refractivity contribution is 8.13. The smallest absolute Gasteiger partial charge is 0.257 e. The Morgan fingerprint density at radius 1 is 1.31 bits per heavy atom. The highest BCUT2D eigenvalue weighted by Crippen LogP contribution is 2.37. The largest absolute Gasteiger partial charge is 0.261 e. The molecule has 0 bridgehead atoms. The molecule has 0 N–H and O–H groups in total. The lowest BCUT2D eigenvalue weighted by molar-refractivity contribution is 0.608. The Bertz CT molecular complexity index is 603. The number of benzene rings is 1. The number of aliphatic imine (C=N–C) groups is 1. The van der Waals surface area contributed by atoms with Crippen LogP contribution in [0, 0.1) is 13.8 Å². The van der Waals surface area contributed by atoms with E-state index in [0.29, 0.717) is 6.42 Å². The normalized spacial score (nSPS) is 14.9.